The molecule has 1 aromatic carbocycles. The number of hydrogen-bond donors (Lipinski definition) is 4. The highest BCUT2D eigenvalue weighted by Gasteiger charge is 2.27. The number of nitrogens with one attached hydrogen (secondary N) is 3. The van der Waals surface area contributed by atoms with Gasteiger partial charge in [-0.2, -0.15) is 5.10 Å². The molecular weight excluding hydrogens is 406 g/mol. The Morgan fingerprint density at radius 2 is 2.07 bits per heavy atom. The number of halogens is 1. The molecule has 1 fully saturated rings. The van der Waals surface area contributed by atoms with Gasteiger partial charge in [-0.1, -0.05) is 11.6 Å². The summed E-state index contributed by atoms with van der Waals surface area (Å²) in [5, 5.41) is 23.8. The topological polar surface area (TPSA) is 119 Å². The second kappa shape index (κ2) is 8.68. The summed E-state index contributed by atoms with van der Waals surface area (Å²) in [6, 6.07) is 8.91. The van der Waals surface area contributed by atoms with Gasteiger partial charge in [0.25, 0.3) is 5.91 Å². The third-order valence-electron chi connectivity index (χ3n) is 4.73. The van der Waals surface area contributed by atoms with Crippen molar-refractivity contribution in [3.63, 3.8) is 0 Å². The monoisotopic (exact) mass is 427 g/mol. The van der Waals surface area contributed by atoms with Gasteiger partial charge < -0.3 is 20.6 Å². The number of aromatic amines is 1. The van der Waals surface area contributed by atoms with E-state index in [4.69, 9.17) is 11.6 Å². The largest absolute Gasteiger partial charge is 0.391 e. The molecule has 30 heavy (non-hydrogen) atoms. The fourth-order valence-electron chi connectivity index (χ4n) is 3.27. The van der Waals surface area contributed by atoms with Gasteiger partial charge in [-0.05, 0) is 44.0 Å². The summed E-state index contributed by atoms with van der Waals surface area (Å²) >= 11 is 5.97. The molecule has 0 spiro atoms. The van der Waals surface area contributed by atoms with Crippen molar-refractivity contribution in [3.05, 3.63) is 52.9 Å². The molecule has 4 N–H and O–H groups in total. The average Bonchev–Trinajstić information content (AvgIpc) is 3.14. The van der Waals surface area contributed by atoms with Crippen LogP contribution in [0.2, 0.25) is 5.02 Å². The molecule has 10 heteroatoms. The Morgan fingerprint density at radius 3 is 2.77 bits per heavy atom. The molecule has 3 aromatic rings. The number of H-pyrrole nitrogens is 1. The van der Waals surface area contributed by atoms with Gasteiger partial charge in [0.2, 0.25) is 0 Å². The van der Waals surface area contributed by atoms with E-state index in [1.807, 2.05) is 13.0 Å². The third-order valence-corrected chi connectivity index (χ3v) is 4.98. The molecule has 0 bridgehead atoms. The number of rotatable bonds is 5. The Kier molecular flexibility index (Phi) is 5.82. The van der Waals surface area contributed by atoms with E-state index in [9.17, 15) is 9.90 Å². The molecule has 1 amide bonds. The van der Waals surface area contributed by atoms with Crippen LogP contribution in [0.4, 0.5) is 23.1 Å². The quantitative estimate of drug-likeness (QED) is 0.493. The first-order valence-corrected chi connectivity index (χ1v) is 10.0. The highest BCUT2D eigenvalue weighted by atomic mass is 35.5. The minimum atomic E-state index is -0.521. The van der Waals surface area contributed by atoms with Crippen molar-refractivity contribution in [1.29, 1.82) is 0 Å². The number of carbonyl (C=O) groups is 1. The summed E-state index contributed by atoms with van der Waals surface area (Å²) < 4.78 is 0. The molecule has 9 nitrogen and oxygen atoms in total. The summed E-state index contributed by atoms with van der Waals surface area (Å²) in [5.74, 6) is 1.06. The third kappa shape index (κ3) is 4.69. The molecular formula is C20H22ClN7O2. The number of aryl methyl sites for hydroxylation is 1. The lowest BCUT2D eigenvalue weighted by Crippen LogP contribution is -2.42. The fourth-order valence-corrected chi connectivity index (χ4v) is 3.39. The summed E-state index contributed by atoms with van der Waals surface area (Å²) in [6.07, 6.45) is 2.41. The highest BCUT2D eigenvalue weighted by Crippen LogP contribution is 2.24. The van der Waals surface area contributed by atoms with Crippen LogP contribution in [-0.4, -0.2) is 55.3 Å². The molecule has 1 atom stereocenters. The van der Waals surface area contributed by atoms with Crippen molar-refractivity contribution in [2.75, 3.05) is 23.7 Å². The molecule has 1 saturated heterocycles. The molecule has 2 aromatic heterocycles. The first-order chi connectivity index (χ1) is 14.5. The van der Waals surface area contributed by atoms with Crippen molar-refractivity contribution in [2.45, 2.75) is 25.9 Å². The number of amides is 1. The fraction of sp³-hybridized carbons (Fsp3) is 0.300. The maximum absolute atomic E-state index is 13.1. The van der Waals surface area contributed by atoms with Gasteiger partial charge in [0, 0.05) is 35.6 Å². The lowest BCUT2D eigenvalue weighted by molar-refractivity contribution is 0.0469. The second-order valence-corrected chi connectivity index (χ2v) is 7.63. The van der Waals surface area contributed by atoms with E-state index < -0.39 is 6.10 Å². The van der Waals surface area contributed by atoms with Crippen molar-refractivity contribution in [3.8, 4) is 0 Å². The van der Waals surface area contributed by atoms with Crippen LogP contribution >= 0.6 is 11.6 Å². The first kappa shape index (κ1) is 20.1. The van der Waals surface area contributed by atoms with Gasteiger partial charge in [-0.15, -0.1) is 0 Å². The van der Waals surface area contributed by atoms with Crippen molar-refractivity contribution in [2.24, 2.45) is 0 Å². The van der Waals surface area contributed by atoms with E-state index in [1.54, 1.807) is 29.2 Å². The van der Waals surface area contributed by atoms with Crippen LogP contribution in [0.3, 0.4) is 0 Å². The Balaban J connectivity index is 1.64. The summed E-state index contributed by atoms with van der Waals surface area (Å²) in [4.78, 5) is 23.6. The number of benzene rings is 1. The zero-order valence-electron chi connectivity index (χ0n) is 16.4. The van der Waals surface area contributed by atoms with Crippen molar-refractivity contribution < 1.29 is 9.90 Å². The van der Waals surface area contributed by atoms with E-state index in [2.05, 4.69) is 30.8 Å². The zero-order chi connectivity index (χ0) is 21.1. The lowest BCUT2D eigenvalue weighted by Gasteiger charge is -2.30. The van der Waals surface area contributed by atoms with Crippen molar-refractivity contribution in [1.82, 2.24) is 25.1 Å². The molecule has 0 saturated carbocycles. The molecule has 0 unspecified atom stereocenters. The van der Waals surface area contributed by atoms with Crippen LogP contribution in [0.15, 0.2) is 36.5 Å². The number of aliphatic hydroxyl groups excluding tert-OH is 1. The van der Waals surface area contributed by atoms with Gasteiger partial charge >= 0.3 is 0 Å². The summed E-state index contributed by atoms with van der Waals surface area (Å²) in [7, 11) is 0. The van der Waals surface area contributed by atoms with Gasteiger partial charge in [0.05, 0.1) is 12.3 Å². The van der Waals surface area contributed by atoms with Gasteiger partial charge in [-0.25, -0.2) is 9.97 Å². The van der Waals surface area contributed by atoms with Crippen LogP contribution < -0.4 is 10.6 Å². The normalized spacial score (nSPS) is 16.4. The molecule has 4 rings (SSSR count). The van der Waals surface area contributed by atoms with E-state index >= 15 is 0 Å². The second-order valence-electron chi connectivity index (χ2n) is 7.19. The van der Waals surface area contributed by atoms with Crippen LogP contribution in [0.25, 0.3) is 0 Å². The number of β-amino-alcohol motifs (C(OH)–C–C–N with tert-alkyl or cyclic N) is 1. The number of anilines is 4. The van der Waals surface area contributed by atoms with Gasteiger partial charge in [0.1, 0.15) is 0 Å². The lowest BCUT2D eigenvalue weighted by atomic mass is 10.1. The number of aliphatic hydroxyl groups is 1. The number of hydrogen-bond acceptors (Lipinski definition) is 7. The maximum Gasteiger partial charge on any atom is 0.276 e. The number of nitrogens with zero attached hydrogens (tertiary/aromatic N) is 4. The van der Waals surface area contributed by atoms with Crippen LogP contribution in [0, 0.1) is 6.92 Å². The molecule has 0 radical (unpaired) electrons. The van der Waals surface area contributed by atoms with Crippen LogP contribution in [0.5, 0.6) is 0 Å². The Labute approximate surface area is 178 Å². The van der Waals surface area contributed by atoms with E-state index in [0.717, 1.165) is 12.1 Å². The predicted octanol–water partition coefficient (Wildman–Crippen LogP) is 3.25. The highest BCUT2D eigenvalue weighted by molar-refractivity contribution is 6.30. The summed E-state index contributed by atoms with van der Waals surface area (Å²) in [5.41, 5.74) is 1.80. The van der Waals surface area contributed by atoms with Crippen LogP contribution in [0.1, 0.15) is 29.0 Å². The summed E-state index contributed by atoms with van der Waals surface area (Å²) in [6.45, 7) is 2.75. The smallest absolute Gasteiger partial charge is 0.276 e. The predicted molar refractivity (Wildman–Crippen MR) is 115 cm³/mol. The van der Waals surface area contributed by atoms with E-state index in [1.165, 1.54) is 6.20 Å². The average molecular weight is 428 g/mol. The van der Waals surface area contributed by atoms with Crippen LogP contribution in [-0.2, 0) is 0 Å². The SMILES string of the molecule is Cc1cc(Nc2cnc(C(=O)N3CCC[C@@H](O)C3)c(Nc3ccc(Cl)cc3)n2)n[nH]1. The molecule has 0 aliphatic carbocycles. The Bertz CT molecular complexity index is 1040. The minimum Gasteiger partial charge on any atom is -0.391 e. The molecule has 3 heterocycles. The maximum atomic E-state index is 13.1. The van der Waals surface area contributed by atoms with Gasteiger partial charge in [-0.3, -0.25) is 9.89 Å². The number of piperidine rings is 1. The van der Waals surface area contributed by atoms with E-state index in [-0.39, 0.29) is 18.1 Å². The molecule has 1 aliphatic heterocycles. The van der Waals surface area contributed by atoms with Crippen molar-refractivity contribution >= 4 is 40.6 Å². The van der Waals surface area contributed by atoms with E-state index in [0.29, 0.717) is 41.1 Å². The standard InChI is InChI=1S/C20H22ClN7O2/c1-12-9-16(27-26-12)24-17-10-22-18(20(30)28-8-2-3-15(29)11-28)19(25-17)23-14-6-4-13(21)5-7-14/h4-7,9-10,15,29H,2-3,8,11H2,1H3,(H3,23,24,25,26,27)/t15-/m1/s1. The number of likely N-dealkylation sites (tertiary alicyclic amines) is 1. The minimum absolute atomic E-state index is 0.183. The number of carbonyl (C=O) groups excluding carboxylic acids is 1. The molecule has 156 valence electrons. The number of aromatic nitrogens is 4. The first-order valence-electron chi connectivity index (χ1n) is 9.64. The molecule has 1 aliphatic rings. The Hall–Kier alpha value is -3.17. The Morgan fingerprint density at radius 1 is 1.27 bits per heavy atom. The van der Waals surface area contributed by atoms with Gasteiger partial charge in [0.15, 0.2) is 23.1 Å². The zero-order valence-corrected chi connectivity index (χ0v) is 17.1.